The van der Waals surface area contributed by atoms with E-state index in [0.717, 1.165) is 0 Å². The number of aliphatic carboxylic acids is 1. The monoisotopic (exact) mass is 443 g/mol. The normalized spacial score (nSPS) is 10.7. The van der Waals surface area contributed by atoms with E-state index in [2.05, 4.69) is 10.6 Å². The fourth-order valence-corrected chi connectivity index (χ4v) is 2.75. The van der Waals surface area contributed by atoms with E-state index in [4.69, 9.17) is 18.9 Å². The highest BCUT2D eigenvalue weighted by Gasteiger charge is 2.20. The SMILES string of the molecule is COc1ccccc1/C=C(/NC(=O)c1cc(OC)c(OC)c(OC)c1)C(=O)NCC(=O)[O-]. The van der Waals surface area contributed by atoms with Gasteiger partial charge in [0.15, 0.2) is 11.5 Å². The Morgan fingerprint density at radius 1 is 0.906 bits per heavy atom. The number of rotatable bonds is 10. The minimum absolute atomic E-state index is 0.109. The Hall–Kier alpha value is -4.21. The Labute approximate surface area is 184 Å². The summed E-state index contributed by atoms with van der Waals surface area (Å²) in [6, 6.07) is 9.61. The fraction of sp³-hybridized carbons (Fsp3) is 0.227. The van der Waals surface area contributed by atoms with Gasteiger partial charge in [0, 0.05) is 11.1 Å². The van der Waals surface area contributed by atoms with Crippen LogP contribution in [0.4, 0.5) is 0 Å². The van der Waals surface area contributed by atoms with Gasteiger partial charge in [0.25, 0.3) is 11.8 Å². The largest absolute Gasteiger partial charge is 0.548 e. The summed E-state index contributed by atoms with van der Waals surface area (Å²) in [4.78, 5) is 36.2. The number of ether oxygens (including phenoxy) is 4. The highest BCUT2D eigenvalue weighted by Crippen LogP contribution is 2.38. The van der Waals surface area contributed by atoms with Crippen molar-refractivity contribution in [3.8, 4) is 23.0 Å². The minimum atomic E-state index is -1.48. The Kier molecular flexibility index (Phi) is 8.46. The lowest BCUT2D eigenvalue weighted by molar-refractivity contribution is -0.303. The number of carbonyl (C=O) groups is 3. The van der Waals surface area contributed by atoms with Crippen molar-refractivity contribution in [3.63, 3.8) is 0 Å². The van der Waals surface area contributed by atoms with E-state index < -0.39 is 24.3 Å². The smallest absolute Gasteiger partial charge is 0.268 e. The van der Waals surface area contributed by atoms with Crippen molar-refractivity contribution < 1.29 is 38.4 Å². The molecular formula is C22H23N2O8-. The average Bonchev–Trinajstić information content (AvgIpc) is 2.81. The molecule has 10 nitrogen and oxygen atoms in total. The van der Waals surface area contributed by atoms with E-state index in [0.29, 0.717) is 17.1 Å². The van der Waals surface area contributed by atoms with E-state index in [9.17, 15) is 19.5 Å². The molecule has 0 aliphatic heterocycles. The maximum atomic E-state index is 12.9. The lowest BCUT2D eigenvalue weighted by atomic mass is 10.1. The third kappa shape index (κ3) is 5.91. The van der Waals surface area contributed by atoms with E-state index in [-0.39, 0.29) is 22.8 Å². The summed E-state index contributed by atoms with van der Waals surface area (Å²) in [6.07, 6.45) is 1.36. The number of para-hydroxylation sites is 1. The van der Waals surface area contributed by atoms with Gasteiger partial charge in [-0.05, 0) is 24.3 Å². The van der Waals surface area contributed by atoms with Crippen molar-refractivity contribution in [3.05, 3.63) is 53.2 Å². The van der Waals surface area contributed by atoms with Crippen LogP contribution < -0.4 is 34.7 Å². The van der Waals surface area contributed by atoms with Gasteiger partial charge in [-0.3, -0.25) is 9.59 Å². The molecule has 0 aliphatic carbocycles. The number of carboxylic acid groups (broad SMARTS) is 1. The van der Waals surface area contributed by atoms with Crippen molar-refractivity contribution in [1.82, 2.24) is 10.6 Å². The summed E-state index contributed by atoms with van der Waals surface area (Å²) in [5.74, 6) is -1.76. The molecule has 0 aliphatic rings. The second kappa shape index (κ2) is 11.3. The molecule has 32 heavy (non-hydrogen) atoms. The van der Waals surface area contributed by atoms with Crippen LogP contribution in [0, 0.1) is 0 Å². The zero-order valence-electron chi connectivity index (χ0n) is 18.0. The van der Waals surface area contributed by atoms with Gasteiger partial charge in [-0.2, -0.15) is 0 Å². The van der Waals surface area contributed by atoms with Gasteiger partial charge < -0.3 is 39.5 Å². The number of carbonyl (C=O) groups excluding carboxylic acids is 3. The van der Waals surface area contributed by atoms with Crippen LogP contribution in [0.1, 0.15) is 15.9 Å². The Balaban J connectivity index is 2.45. The van der Waals surface area contributed by atoms with Gasteiger partial charge in [0.05, 0.1) is 41.0 Å². The molecule has 2 aromatic rings. The fourth-order valence-electron chi connectivity index (χ4n) is 2.75. The molecule has 170 valence electrons. The quantitative estimate of drug-likeness (QED) is 0.503. The van der Waals surface area contributed by atoms with Crippen molar-refractivity contribution >= 4 is 23.9 Å². The first-order valence-electron chi connectivity index (χ1n) is 9.28. The highest BCUT2D eigenvalue weighted by atomic mass is 16.5. The molecule has 2 aromatic carbocycles. The number of carboxylic acids is 1. The number of hydrogen-bond donors (Lipinski definition) is 2. The molecule has 2 amide bonds. The van der Waals surface area contributed by atoms with Crippen LogP contribution in [-0.2, 0) is 9.59 Å². The van der Waals surface area contributed by atoms with Gasteiger partial charge in [0.2, 0.25) is 5.75 Å². The number of nitrogens with one attached hydrogen (secondary N) is 2. The zero-order chi connectivity index (χ0) is 23.7. The van der Waals surface area contributed by atoms with Crippen molar-refractivity contribution in [1.29, 1.82) is 0 Å². The predicted molar refractivity (Wildman–Crippen MR) is 113 cm³/mol. The Morgan fingerprint density at radius 2 is 1.50 bits per heavy atom. The van der Waals surface area contributed by atoms with Gasteiger partial charge in [-0.15, -0.1) is 0 Å². The van der Waals surface area contributed by atoms with E-state index in [1.165, 1.54) is 46.6 Å². The molecule has 0 heterocycles. The number of amides is 2. The van der Waals surface area contributed by atoms with E-state index in [1.807, 2.05) is 0 Å². The molecule has 10 heteroatoms. The maximum absolute atomic E-state index is 12.9. The minimum Gasteiger partial charge on any atom is -0.548 e. The van der Waals surface area contributed by atoms with Crippen LogP contribution in [-0.4, -0.2) is 52.8 Å². The molecule has 0 atom stereocenters. The molecule has 0 saturated carbocycles. The third-order valence-corrected chi connectivity index (χ3v) is 4.25. The summed E-state index contributed by atoms with van der Waals surface area (Å²) in [6.45, 7) is -0.734. The highest BCUT2D eigenvalue weighted by molar-refractivity contribution is 6.06. The lowest BCUT2D eigenvalue weighted by Gasteiger charge is -2.15. The standard InChI is InChI=1S/C22H24N2O8/c1-29-16-8-6-5-7-13(16)9-15(22(28)23-12-19(25)26)24-21(27)14-10-17(30-2)20(32-4)18(11-14)31-3/h5-11H,12H2,1-4H3,(H,23,28)(H,24,27)(H,25,26)/p-1/b15-9+. The summed E-state index contributed by atoms with van der Waals surface area (Å²) in [7, 11) is 5.69. The Morgan fingerprint density at radius 3 is 2.03 bits per heavy atom. The molecule has 0 fully saturated rings. The van der Waals surface area contributed by atoms with Gasteiger partial charge in [-0.25, -0.2) is 0 Å². The molecule has 2 rings (SSSR count). The average molecular weight is 443 g/mol. The molecular weight excluding hydrogens is 420 g/mol. The first-order valence-corrected chi connectivity index (χ1v) is 9.28. The first kappa shape index (κ1) is 24.1. The van der Waals surface area contributed by atoms with Crippen LogP contribution in [0.25, 0.3) is 6.08 Å². The second-order valence-corrected chi connectivity index (χ2v) is 6.22. The van der Waals surface area contributed by atoms with Crippen molar-refractivity contribution in [2.75, 3.05) is 35.0 Å². The van der Waals surface area contributed by atoms with Crippen molar-refractivity contribution in [2.45, 2.75) is 0 Å². The molecule has 0 unspecified atom stereocenters. The summed E-state index contributed by atoms with van der Waals surface area (Å²) >= 11 is 0. The third-order valence-electron chi connectivity index (χ3n) is 4.25. The topological polar surface area (TPSA) is 135 Å². The number of benzene rings is 2. The van der Waals surface area contributed by atoms with E-state index >= 15 is 0 Å². The molecule has 0 aromatic heterocycles. The van der Waals surface area contributed by atoms with Crippen LogP contribution in [0.2, 0.25) is 0 Å². The summed E-state index contributed by atoms with van der Waals surface area (Å²) in [5.41, 5.74) is 0.381. The molecule has 0 saturated heterocycles. The molecule has 0 spiro atoms. The van der Waals surface area contributed by atoms with Gasteiger partial charge in [-0.1, -0.05) is 18.2 Å². The molecule has 0 radical (unpaired) electrons. The van der Waals surface area contributed by atoms with Gasteiger partial charge >= 0.3 is 0 Å². The van der Waals surface area contributed by atoms with Gasteiger partial charge in [0.1, 0.15) is 11.4 Å². The second-order valence-electron chi connectivity index (χ2n) is 6.22. The first-order chi connectivity index (χ1) is 15.3. The molecule has 2 N–H and O–H groups in total. The number of hydrogen-bond acceptors (Lipinski definition) is 8. The number of methoxy groups -OCH3 is 4. The van der Waals surface area contributed by atoms with Crippen LogP contribution >= 0.6 is 0 Å². The van der Waals surface area contributed by atoms with E-state index in [1.54, 1.807) is 24.3 Å². The summed E-state index contributed by atoms with van der Waals surface area (Å²) < 4.78 is 21.0. The van der Waals surface area contributed by atoms with Crippen LogP contribution in [0.5, 0.6) is 23.0 Å². The molecule has 0 bridgehead atoms. The van der Waals surface area contributed by atoms with Crippen LogP contribution in [0.3, 0.4) is 0 Å². The van der Waals surface area contributed by atoms with Crippen LogP contribution in [0.15, 0.2) is 42.1 Å². The zero-order valence-corrected chi connectivity index (χ0v) is 18.0. The Bertz CT molecular complexity index is 1010. The van der Waals surface area contributed by atoms with Crippen molar-refractivity contribution in [2.24, 2.45) is 0 Å². The predicted octanol–water partition coefficient (Wildman–Crippen LogP) is 0.358. The lowest BCUT2D eigenvalue weighted by Crippen LogP contribution is -2.41. The maximum Gasteiger partial charge on any atom is 0.268 e. The summed E-state index contributed by atoms with van der Waals surface area (Å²) in [5, 5.41) is 15.4.